The van der Waals surface area contributed by atoms with Gasteiger partial charge in [-0.3, -0.25) is 4.99 Å². The molecule has 2 rings (SSSR count). The van der Waals surface area contributed by atoms with E-state index in [9.17, 15) is 0 Å². The Bertz CT molecular complexity index is 314. The maximum absolute atomic E-state index is 6.53. The monoisotopic (exact) mass is 302 g/mol. The second kappa shape index (κ2) is 4.38. The highest BCUT2D eigenvalue weighted by Gasteiger charge is 2.55. The van der Waals surface area contributed by atoms with E-state index in [4.69, 9.17) is 46.4 Å². The lowest BCUT2D eigenvalue weighted by Gasteiger charge is -2.45. The molecule has 0 N–H and O–H groups in total. The first-order valence-electron chi connectivity index (χ1n) is 5.39. The highest BCUT2D eigenvalue weighted by Crippen LogP contribution is 2.49. The second-order valence-electron chi connectivity index (χ2n) is 4.39. The third-order valence-corrected chi connectivity index (χ3v) is 6.00. The number of hydrogen-bond donors (Lipinski definition) is 0. The molecule has 0 amide bonds. The van der Waals surface area contributed by atoms with Crippen LogP contribution in [0.1, 0.15) is 26.2 Å². The third-order valence-electron chi connectivity index (χ3n) is 3.28. The molecule has 0 aromatic carbocycles. The molecule has 1 saturated heterocycles. The van der Waals surface area contributed by atoms with Crippen molar-refractivity contribution in [2.24, 2.45) is 4.99 Å². The molecule has 0 spiro atoms. The minimum Gasteiger partial charge on any atom is -0.339 e. The fourth-order valence-corrected chi connectivity index (χ4v) is 3.33. The molecule has 0 radical (unpaired) electrons. The van der Waals surface area contributed by atoms with E-state index < -0.39 is 9.33 Å². The maximum atomic E-state index is 6.53. The minimum atomic E-state index is -1.18. The zero-order valence-electron chi connectivity index (χ0n) is 9.02. The molecule has 2 atom stereocenters. The standard InChI is InChI=1S/C10H14Cl4N2/c1-9(12)10(13,14)7(11)3-4-8-15-5-2-6-16(8)9/h7H,2-6H2,1H3. The molecule has 2 aliphatic rings. The number of hydrogen-bond acceptors (Lipinski definition) is 2. The van der Waals surface area contributed by atoms with Gasteiger partial charge in [-0.15, -0.1) is 11.6 Å². The molecule has 2 nitrogen and oxygen atoms in total. The van der Waals surface area contributed by atoms with Crippen LogP contribution in [0.5, 0.6) is 0 Å². The highest BCUT2D eigenvalue weighted by molar-refractivity contribution is 6.57. The first kappa shape index (κ1) is 13.1. The van der Waals surface area contributed by atoms with Gasteiger partial charge in [0.2, 0.25) is 0 Å². The smallest absolute Gasteiger partial charge is 0.171 e. The fraction of sp³-hybridized carbons (Fsp3) is 0.900. The summed E-state index contributed by atoms with van der Waals surface area (Å²) in [5, 5.41) is -0.369. The van der Waals surface area contributed by atoms with E-state index in [2.05, 4.69) is 4.99 Å². The number of amidine groups is 1. The molecule has 16 heavy (non-hydrogen) atoms. The topological polar surface area (TPSA) is 15.6 Å². The van der Waals surface area contributed by atoms with Crippen molar-refractivity contribution in [1.29, 1.82) is 0 Å². The van der Waals surface area contributed by atoms with Crippen molar-refractivity contribution >= 4 is 52.2 Å². The quantitative estimate of drug-likeness (QED) is 0.493. The lowest BCUT2D eigenvalue weighted by molar-refractivity contribution is 0.253. The van der Waals surface area contributed by atoms with Gasteiger partial charge in [0.15, 0.2) is 4.33 Å². The van der Waals surface area contributed by atoms with Crippen LogP contribution in [0.15, 0.2) is 4.99 Å². The Hall–Kier alpha value is 0.630. The summed E-state index contributed by atoms with van der Waals surface area (Å²) >= 11 is 25.5. The Morgan fingerprint density at radius 2 is 2.06 bits per heavy atom. The van der Waals surface area contributed by atoms with E-state index in [0.29, 0.717) is 6.42 Å². The van der Waals surface area contributed by atoms with Crippen molar-refractivity contribution in [2.45, 2.75) is 40.9 Å². The van der Waals surface area contributed by atoms with Crippen LogP contribution in [0.25, 0.3) is 0 Å². The SMILES string of the molecule is CC1(Cl)N2CCCN=C2CCC(Cl)C1(Cl)Cl. The van der Waals surface area contributed by atoms with Crippen LogP contribution in [-0.2, 0) is 0 Å². The Morgan fingerprint density at radius 3 is 2.75 bits per heavy atom. The number of alkyl halides is 4. The van der Waals surface area contributed by atoms with E-state index in [1.807, 2.05) is 11.8 Å². The highest BCUT2D eigenvalue weighted by atomic mass is 35.5. The number of fused-ring (bicyclic) bond motifs is 1. The van der Waals surface area contributed by atoms with Gasteiger partial charge in [0.05, 0.1) is 5.38 Å². The fourth-order valence-electron chi connectivity index (χ4n) is 2.22. The van der Waals surface area contributed by atoms with Crippen LogP contribution in [0.3, 0.4) is 0 Å². The average Bonchev–Trinajstić information content (AvgIpc) is 2.30. The Balaban J connectivity index is 2.41. The van der Waals surface area contributed by atoms with Crippen molar-refractivity contribution in [1.82, 2.24) is 4.90 Å². The number of nitrogens with zero attached hydrogens (tertiary/aromatic N) is 2. The van der Waals surface area contributed by atoms with Crippen LogP contribution in [-0.4, -0.2) is 38.5 Å². The van der Waals surface area contributed by atoms with Crippen molar-refractivity contribution in [3.8, 4) is 0 Å². The average molecular weight is 304 g/mol. The first-order chi connectivity index (χ1) is 7.37. The summed E-state index contributed by atoms with van der Waals surface area (Å²) < 4.78 is -1.18. The van der Waals surface area contributed by atoms with Gasteiger partial charge in [-0.05, 0) is 19.8 Å². The third kappa shape index (κ3) is 1.92. The molecule has 2 unspecified atom stereocenters. The molecular weight excluding hydrogens is 290 g/mol. The molecule has 6 heteroatoms. The minimum absolute atomic E-state index is 0.369. The summed E-state index contributed by atoms with van der Waals surface area (Å²) in [7, 11) is 0. The van der Waals surface area contributed by atoms with Gasteiger partial charge in [-0.25, -0.2) is 0 Å². The van der Waals surface area contributed by atoms with E-state index >= 15 is 0 Å². The van der Waals surface area contributed by atoms with Crippen molar-refractivity contribution in [3.63, 3.8) is 0 Å². The van der Waals surface area contributed by atoms with Gasteiger partial charge >= 0.3 is 0 Å². The largest absolute Gasteiger partial charge is 0.339 e. The van der Waals surface area contributed by atoms with Crippen LogP contribution in [0.4, 0.5) is 0 Å². The van der Waals surface area contributed by atoms with Gasteiger partial charge < -0.3 is 4.90 Å². The predicted molar refractivity (Wildman–Crippen MR) is 71.2 cm³/mol. The second-order valence-corrected chi connectivity index (χ2v) is 7.03. The lowest BCUT2D eigenvalue weighted by atomic mass is 10.1. The van der Waals surface area contributed by atoms with Crippen LogP contribution >= 0.6 is 46.4 Å². The zero-order chi connectivity index (χ0) is 12.0. The Kier molecular flexibility index (Phi) is 3.58. The Labute approximate surface area is 116 Å². The summed E-state index contributed by atoms with van der Waals surface area (Å²) in [4.78, 5) is 5.59. The number of rotatable bonds is 0. The van der Waals surface area contributed by atoms with E-state index in [-0.39, 0.29) is 5.38 Å². The van der Waals surface area contributed by atoms with Crippen molar-refractivity contribution in [2.75, 3.05) is 13.1 Å². The first-order valence-corrected chi connectivity index (χ1v) is 6.96. The van der Waals surface area contributed by atoms with Gasteiger partial charge in [0.25, 0.3) is 0 Å². The van der Waals surface area contributed by atoms with Crippen LogP contribution in [0.2, 0.25) is 0 Å². The van der Waals surface area contributed by atoms with Gasteiger partial charge in [0, 0.05) is 19.5 Å². The normalized spacial score (nSPS) is 38.7. The molecular formula is C10H14Cl4N2. The van der Waals surface area contributed by atoms with Crippen LogP contribution in [0, 0.1) is 0 Å². The van der Waals surface area contributed by atoms with Gasteiger partial charge in [-0.1, -0.05) is 34.8 Å². The molecule has 1 fully saturated rings. The molecule has 2 heterocycles. The summed E-state index contributed by atoms with van der Waals surface area (Å²) in [6, 6.07) is 0. The molecule has 2 aliphatic heterocycles. The molecule has 92 valence electrons. The molecule has 0 aliphatic carbocycles. The van der Waals surface area contributed by atoms with E-state index in [0.717, 1.165) is 31.8 Å². The molecule has 0 bridgehead atoms. The van der Waals surface area contributed by atoms with Crippen molar-refractivity contribution < 1.29 is 0 Å². The Morgan fingerprint density at radius 1 is 1.38 bits per heavy atom. The maximum Gasteiger partial charge on any atom is 0.171 e. The number of aliphatic imine (C=N–C) groups is 1. The van der Waals surface area contributed by atoms with E-state index in [1.165, 1.54) is 0 Å². The molecule has 0 aromatic heterocycles. The zero-order valence-corrected chi connectivity index (χ0v) is 12.0. The summed E-state index contributed by atoms with van der Waals surface area (Å²) in [6.07, 6.45) is 2.46. The van der Waals surface area contributed by atoms with Gasteiger partial charge in [-0.2, -0.15) is 0 Å². The summed E-state index contributed by atoms with van der Waals surface area (Å²) in [5.41, 5.74) is 0. The van der Waals surface area contributed by atoms with Crippen molar-refractivity contribution in [3.05, 3.63) is 0 Å². The lowest BCUT2D eigenvalue weighted by Crippen LogP contribution is -2.58. The summed E-state index contributed by atoms with van der Waals surface area (Å²) in [6.45, 7) is 3.50. The summed E-state index contributed by atoms with van der Waals surface area (Å²) in [5.74, 6) is 0.984. The number of halogens is 4. The van der Waals surface area contributed by atoms with E-state index in [1.54, 1.807) is 0 Å². The van der Waals surface area contributed by atoms with Crippen LogP contribution < -0.4 is 0 Å². The molecule has 0 aromatic rings. The molecule has 0 saturated carbocycles. The van der Waals surface area contributed by atoms with Gasteiger partial charge in [0.1, 0.15) is 10.8 Å². The predicted octanol–water partition coefficient (Wildman–Crippen LogP) is 3.62.